The maximum Gasteiger partial charge on any atom is 0.272 e. The van der Waals surface area contributed by atoms with Gasteiger partial charge < -0.3 is 20.7 Å². The van der Waals surface area contributed by atoms with Crippen molar-refractivity contribution in [1.29, 1.82) is 0 Å². The Labute approximate surface area is 161 Å². The summed E-state index contributed by atoms with van der Waals surface area (Å²) < 4.78 is 13.0. The predicted octanol–water partition coefficient (Wildman–Crippen LogP) is 1.15. The summed E-state index contributed by atoms with van der Waals surface area (Å²) in [7, 11) is 0. The molecule has 0 saturated heterocycles. The minimum absolute atomic E-state index is 0.156. The van der Waals surface area contributed by atoms with Crippen molar-refractivity contribution in [3.63, 3.8) is 0 Å². The third kappa shape index (κ3) is 4.48. The summed E-state index contributed by atoms with van der Waals surface area (Å²) in [6.07, 6.45) is 3.03. The molecule has 0 bridgehead atoms. The Bertz CT molecular complexity index is 872. The minimum atomic E-state index is -0.530. The van der Waals surface area contributed by atoms with E-state index in [-0.39, 0.29) is 24.0 Å². The molecule has 0 spiro atoms. The number of benzene rings is 1. The van der Waals surface area contributed by atoms with Crippen LogP contribution in [0.3, 0.4) is 0 Å². The zero-order valence-corrected chi connectivity index (χ0v) is 15.1. The zero-order valence-electron chi connectivity index (χ0n) is 15.1. The SMILES string of the molecule is O=CCCCNC(=O)C1CNc2c(C(=O)NCc3ccc(F)cc3)ncnc21. The van der Waals surface area contributed by atoms with Gasteiger partial charge in [-0.05, 0) is 24.1 Å². The fraction of sp³-hybridized carbons (Fsp3) is 0.316. The molecule has 0 fully saturated rings. The van der Waals surface area contributed by atoms with Gasteiger partial charge in [-0.2, -0.15) is 0 Å². The lowest BCUT2D eigenvalue weighted by atomic mass is 10.1. The molecule has 1 unspecified atom stereocenters. The number of hydrogen-bond acceptors (Lipinski definition) is 6. The molecule has 0 radical (unpaired) electrons. The molecular formula is C19H20FN5O3. The van der Waals surface area contributed by atoms with Crippen molar-refractivity contribution in [1.82, 2.24) is 20.6 Å². The zero-order chi connectivity index (χ0) is 19.9. The van der Waals surface area contributed by atoms with E-state index >= 15 is 0 Å². The first-order valence-electron chi connectivity index (χ1n) is 8.93. The van der Waals surface area contributed by atoms with E-state index < -0.39 is 11.8 Å². The second kappa shape index (κ2) is 9.03. The molecule has 0 aliphatic carbocycles. The number of halogens is 1. The maximum atomic E-state index is 13.0. The molecule has 9 heteroatoms. The van der Waals surface area contributed by atoms with Crippen molar-refractivity contribution in [2.75, 3.05) is 18.4 Å². The van der Waals surface area contributed by atoms with Gasteiger partial charge in [0.15, 0.2) is 5.69 Å². The number of amides is 2. The number of carbonyl (C=O) groups excluding carboxylic acids is 3. The third-order valence-electron chi connectivity index (χ3n) is 4.39. The Kier molecular flexibility index (Phi) is 6.25. The van der Waals surface area contributed by atoms with Gasteiger partial charge in [0.05, 0.1) is 17.3 Å². The summed E-state index contributed by atoms with van der Waals surface area (Å²) in [5, 5.41) is 8.54. The summed E-state index contributed by atoms with van der Waals surface area (Å²) in [5.74, 6) is -1.50. The smallest absolute Gasteiger partial charge is 0.272 e. The molecule has 2 aromatic rings. The van der Waals surface area contributed by atoms with Gasteiger partial charge in [-0.3, -0.25) is 9.59 Å². The fourth-order valence-corrected chi connectivity index (χ4v) is 2.92. The summed E-state index contributed by atoms with van der Waals surface area (Å²) >= 11 is 0. The van der Waals surface area contributed by atoms with E-state index in [4.69, 9.17) is 0 Å². The molecule has 1 aromatic carbocycles. The molecule has 3 rings (SSSR count). The molecule has 1 atom stereocenters. The molecule has 2 heterocycles. The lowest BCUT2D eigenvalue weighted by Crippen LogP contribution is -2.31. The van der Waals surface area contributed by atoms with Gasteiger partial charge in [0.25, 0.3) is 5.91 Å². The number of anilines is 1. The van der Waals surface area contributed by atoms with Crippen molar-refractivity contribution < 1.29 is 18.8 Å². The molecule has 1 aliphatic heterocycles. The maximum absolute atomic E-state index is 13.0. The van der Waals surface area contributed by atoms with Crippen molar-refractivity contribution in [3.8, 4) is 0 Å². The lowest BCUT2D eigenvalue weighted by molar-refractivity contribution is -0.122. The quantitative estimate of drug-likeness (QED) is 0.464. The number of fused-ring (bicyclic) bond motifs is 1. The molecule has 8 nitrogen and oxygen atoms in total. The van der Waals surface area contributed by atoms with E-state index in [0.29, 0.717) is 37.3 Å². The summed E-state index contributed by atoms with van der Waals surface area (Å²) in [4.78, 5) is 43.4. The Morgan fingerprint density at radius 1 is 1.21 bits per heavy atom. The lowest BCUT2D eigenvalue weighted by Gasteiger charge is -2.10. The monoisotopic (exact) mass is 385 g/mol. The van der Waals surface area contributed by atoms with Crippen molar-refractivity contribution in [3.05, 3.63) is 53.4 Å². The highest BCUT2D eigenvalue weighted by Crippen LogP contribution is 2.31. The largest absolute Gasteiger partial charge is 0.380 e. The van der Waals surface area contributed by atoms with Crippen LogP contribution in [0, 0.1) is 5.82 Å². The molecule has 0 saturated carbocycles. The van der Waals surface area contributed by atoms with Gasteiger partial charge in [0.2, 0.25) is 5.91 Å². The number of rotatable bonds is 8. The number of unbranched alkanes of at least 4 members (excludes halogenated alkanes) is 1. The normalized spacial score (nSPS) is 14.7. The van der Waals surface area contributed by atoms with E-state index in [1.165, 1.54) is 18.5 Å². The van der Waals surface area contributed by atoms with Crippen LogP contribution in [0.15, 0.2) is 30.6 Å². The van der Waals surface area contributed by atoms with Crippen LogP contribution in [0.5, 0.6) is 0 Å². The van der Waals surface area contributed by atoms with Crippen LogP contribution < -0.4 is 16.0 Å². The third-order valence-corrected chi connectivity index (χ3v) is 4.39. The summed E-state index contributed by atoms with van der Waals surface area (Å²) in [5.41, 5.74) is 1.81. The highest BCUT2D eigenvalue weighted by molar-refractivity contribution is 6.00. The van der Waals surface area contributed by atoms with Crippen LogP contribution in [-0.2, 0) is 16.1 Å². The molecular weight excluding hydrogens is 365 g/mol. The molecule has 1 aromatic heterocycles. The van der Waals surface area contributed by atoms with E-state index in [9.17, 15) is 18.8 Å². The van der Waals surface area contributed by atoms with Crippen LogP contribution in [0.2, 0.25) is 0 Å². The van der Waals surface area contributed by atoms with Crippen LogP contribution in [0.4, 0.5) is 10.1 Å². The summed E-state index contributed by atoms with van der Waals surface area (Å²) in [6.45, 7) is 0.934. The van der Waals surface area contributed by atoms with E-state index in [1.54, 1.807) is 12.1 Å². The first kappa shape index (κ1) is 19.4. The first-order chi connectivity index (χ1) is 13.6. The van der Waals surface area contributed by atoms with Crippen LogP contribution >= 0.6 is 0 Å². The Balaban J connectivity index is 1.65. The van der Waals surface area contributed by atoms with Crippen LogP contribution in [0.1, 0.15) is 40.5 Å². The standard InChI is InChI=1S/C19H20FN5O3/c20-13-5-3-12(4-6-13)9-23-19(28)17-16-15(24-11-25-17)14(10-22-16)18(27)21-7-1-2-8-26/h3-6,8,11,14,22H,1-2,7,9-10H2,(H,21,27)(H,23,28). The van der Waals surface area contributed by atoms with Crippen molar-refractivity contribution in [2.45, 2.75) is 25.3 Å². The Morgan fingerprint density at radius 3 is 2.75 bits per heavy atom. The fourth-order valence-electron chi connectivity index (χ4n) is 2.92. The number of nitrogens with one attached hydrogen (secondary N) is 3. The first-order valence-corrected chi connectivity index (χ1v) is 8.93. The Hall–Kier alpha value is -3.36. The van der Waals surface area contributed by atoms with Crippen LogP contribution in [-0.4, -0.2) is 41.2 Å². The van der Waals surface area contributed by atoms with Gasteiger partial charge in [0, 0.05) is 26.1 Å². The second-order valence-corrected chi connectivity index (χ2v) is 6.33. The molecule has 146 valence electrons. The topological polar surface area (TPSA) is 113 Å². The Morgan fingerprint density at radius 2 is 2.00 bits per heavy atom. The number of hydrogen-bond donors (Lipinski definition) is 3. The summed E-state index contributed by atoms with van der Waals surface area (Å²) in [6, 6.07) is 5.82. The van der Waals surface area contributed by atoms with Crippen molar-refractivity contribution in [2.24, 2.45) is 0 Å². The number of carbonyl (C=O) groups is 3. The van der Waals surface area contributed by atoms with E-state index in [2.05, 4.69) is 25.9 Å². The second-order valence-electron chi connectivity index (χ2n) is 6.33. The van der Waals surface area contributed by atoms with E-state index in [0.717, 1.165) is 11.8 Å². The highest BCUT2D eigenvalue weighted by atomic mass is 19.1. The van der Waals surface area contributed by atoms with Gasteiger partial charge in [-0.25, -0.2) is 14.4 Å². The molecule has 3 N–H and O–H groups in total. The van der Waals surface area contributed by atoms with E-state index in [1.807, 2.05) is 0 Å². The average molecular weight is 385 g/mol. The molecule has 28 heavy (non-hydrogen) atoms. The minimum Gasteiger partial charge on any atom is -0.380 e. The predicted molar refractivity (Wildman–Crippen MR) is 99.1 cm³/mol. The van der Waals surface area contributed by atoms with Gasteiger partial charge >= 0.3 is 0 Å². The molecule has 1 aliphatic rings. The number of nitrogens with zero attached hydrogens (tertiary/aromatic N) is 2. The number of aldehydes is 1. The van der Waals surface area contributed by atoms with Crippen LogP contribution in [0.25, 0.3) is 0 Å². The average Bonchev–Trinajstić information content (AvgIpc) is 3.15. The van der Waals surface area contributed by atoms with Gasteiger partial charge in [-0.15, -0.1) is 0 Å². The van der Waals surface area contributed by atoms with Gasteiger partial charge in [0.1, 0.15) is 18.4 Å². The highest BCUT2D eigenvalue weighted by Gasteiger charge is 2.33. The molecule has 2 amide bonds. The van der Waals surface area contributed by atoms with Crippen molar-refractivity contribution >= 4 is 23.8 Å². The number of aromatic nitrogens is 2. The van der Waals surface area contributed by atoms with Gasteiger partial charge in [-0.1, -0.05) is 12.1 Å².